The van der Waals surface area contributed by atoms with Crippen LogP contribution in [0.4, 0.5) is 5.82 Å². The molecular weight excluding hydrogens is 204 g/mol. The van der Waals surface area contributed by atoms with Gasteiger partial charge in [0, 0.05) is 25.4 Å². The average Bonchev–Trinajstić information content (AvgIpc) is 2.18. The van der Waals surface area contributed by atoms with Crippen LogP contribution < -0.4 is 15.2 Å². The van der Waals surface area contributed by atoms with Crippen LogP contribution >= 0.6 is 0 Å². The highest BCUT2D eigenvalue weighted by atomic mass is 32.2. The SMILES string of the molecule is CNS(=O)(=O)Nc1ncccc1CN. The van der Waals surface area contributed by atoms with E-state index >= 15 is 0 Å². The van der Waals surface area contributed by atoms with Crippen molar-refractivity contribution < 1.29 is 8.42 Å². The summed E-state index contributed by atoms with van der Waals surface area (Å²) in [5, 5.41) is 0. The first-order valence-corrected chi connectivity index (χ1v) is 5.42. The van der Waals surface area contributed by atoms with E-state index in [1.807, 2.05) is 0 Å². The Bertz CT molecular complexity index is 404. The quantitative estimate of drug-likeness (QED) is 0.627. The largest absolute Gasteiger partial charge is 0.326 e. The lowest BCUT2D eigenvalue weighted by atomic mass is 10.3. The number of nitrogens with zero attached hydrogens (tertiary/aromatic N) is 1. The van der Waals surface area contributed by atoms with E-state index in [1.54, 1.807) is 12.1 Å². The average molecular weight is 216 g/mol. The van der Waals surface area contributed by atoms with Crippen molar-refractivity contribution in [3.05, 3.63) is 23.9 Å². The van der Waals surface area contributed by atoms with Crippen LogP contribution in [0.1, 0.15) is 5.56 Å². The summed E-state index contributed by atoms with van der Waals surface area (Å²) in [6.45, 7) is 0.232. The monoisotopic (exact) mass is 216 g/mol. The summed E-state index contributed by atoms with van der Waals surface area (Å²) in [6.07, 6.45) is 1.49. The van der Waals surface area contributed by atoms with Crippen molar-refractivity contribution in [2.45, 2.75) is 6.54 Å². The highest BCUT2D eigenvalue weighted by Gasteiger charge is 2.09. The number of hydrogen-bond acceptors (Lipinski definition) is 4. The molecule has 0 aliphatic heterocycles. The Morgan fingerprint density at radius 1 is 1.57 bits per heavy atom. The Balaban J connectivity index is 2.97. The van der Waals surface area contributed by atoms with Gasteiger partial charge in [0.25, 0.3) is 10.2 Å². The molecule has 1 heterocycles. The minimum atomic E-state index is -3.52. The second kappa shape index (κ2) is 4.36. The van der Waals surface area contributed by atoms with Crippen LogP contribution in [0, 0.1) is 0 Å². The lowest BCUT2D eigenvalue weighted by molar-refractivity contribution is 0.593. The zero-order chi connectivity index (χ0) is 10.6. The first-order chi connectivity index (χ1) is 6.59. The van der Waals surface area contributed by atoms with Gasteiger partial charge in [-0.2, -0.15) is 8.42 Å². The first-order valence-electron chi connectivity index (χ1n) is 3.94. The third-order valence-corrected chi connectivity index (χ3v) is 2.61. The van der Waals surface area contributed by atoms with Gasteiger partial charge in [-0.1, -0.05) is 6.07 Å². The molecule has 0 atom stereocenters. The summed E-state index contributed by atoms with van der Waals surface area (Å²) in [6, 6.07) is 3.40. The van der Waals surface area contributed by atoms with E-state index in [2.05, 4.69) is 14.4 Å². The third kappa shape index (κ3) is 2.66. The molecule has 0 fully saturated rings. The summed E-state index contributed by atoms with van der Waals surface area (Å²) >= 11 is 0. The number of pyridine rings is 1. The smallest absolute Gasteiger partial charge is 0.300 e. The molecule has 0 spiro atoms. The van der Waals surface area contributed by atoms with Gasteiger partial charge in [-0.3, -0.25) is 4.72 Å². The highest BCUT2D eigenvalue weighted by Crippen LogP contribution is 2.10. The molecule has 78 valence electrons. The maximum absolute atomic E-state index is 11.1. The van der Waals surface area contributed by atoms with Crippen LogP contribution in [-0.4, -0.2) is 20.4 Å². The fraction of sp³-hybridized carbons (Fsp3) is 0.286. The Kier molecular flexibility index (Phi) is 3.39. The predicted molar refractivity (Wildman–Crippen MR) is 53.7 cm³/mol. The minimum absolute atomic E-state index is 0.232. The summed E-state index contributed by atoms with van der Waals surface area (Å²) in [7, 11) is -2.21. The molecule has 1 rings (SSSR count). The molecule has 6 nitrogen and oxygen atoms in total. The molecule has 0 saturated heterocycles. The van der Waals surface area contributed by atoms with E-state index in [1.165, 1.54) is 13.2 Å². The molecule has 0 aliphatic rings. The summed E-state index contributed by atoms with van der Waals surface area (Å²) in [5.41, 5.74) is 6.06. The molecule has 1 aromatic heterocycles. The van der Waals surface area contributed by atoms with Crippen molar-refractivity contribution in [2.24, 2.45) is 5.73 Å². The Labute approximate surface area is 82.7 Å². The van der Waals surface area contributed by atoms with Gasteiger partial charge in [-0.05, 0) is 6.07 Å². The lowest BCUT2D eigenvalue weighted by Crippen LogP contribution is -2.27. The van der Waals surface area contributed by atoms with Crippen molar-refractivity contribution in [3.8, 4) is 0 Å². The number of hydrogen-bond donors (Lipinski definition) is 3. The molecule has 1 aromatic rings. The normalized spacial score (nSPS) is 11.3. The van der Waals surface area contributed by atoms with Gasteiger partial charge in [0.15, 0.2) is 0 Å². The fourth-order valence-corrected chi connectivity index (χ4v) is 1.41. The van der Waals surface area contributed by atoms with Gasteiger partial charge in [0.05, 0.1) is 0 Å². The van der Waals surface area contributed by atoms with E-state index in [-0.39, 0.29) is 12.4 Å². The Hall–Kier alpha value is -1.18. The maximum atomic E-state index is 11.1. The first kappa shape index (κ1) is 10.9. The zero-order valence-electron chi connectivity index (χ0n) is 7.69. The van der Waals surface area contributed by atoms with Crippen LogP contribution in [0.3, 0.4) is 0 Å². The fourth-order valence-electron chi connectivity index (χ4n) is 0.874. The van der Waals surface area contributed by atoms with Gasteiger partial charge in [-0.25, -0.2) is 9.71 Å². The lowest BCUT2D eigenvalue weighted by Gasteiger charge is -2.08. The molecule has 14 heavy (non-hydrogen) atoms. The molecule has 0 unspecified atom stereocenters. The zero-order valence-corrected chi connectivity index (χ0v) is 8.50. The highest BCUT2D eigenvalue weighted by molar-refractivity contribution is 7.90. The number of nitrogens with one attached hydrogen (secondary N) is 2. The van der Waals surface area contributed by atoms with E-state index < -0.39 is 10.2 Å². The van der Waals surface area contributed by atoms with Crippen molar-refractivity contribution >= 4 is 16.0 Å². The van der Waals surface area contributed by atoms with Crippen molar-refractivity contribution in [2.75, 3.05) is 11.8 Å². The van der Waals surface area contributed by atoms with Gasteiger partial charge in [-0.15, -0.1) is 0 Å². The molecule has 0 amide bonds. The molecule has 0 bridgehead atoms. The number of aromatic nitrogens is 1. The minimum Gasteiger partial charge on any atom is -0.326 e. The van der Waals surface area contributed by atoms with Crippen LogP contribution in [0.15, 0.2) is 18.3 Å². The van der Waals surface area contributed by atoms with Crippen LogP contribution in [0.25, 0.3) is 0 Å². The summed E-state index contributed by atoms with van der Waals surface area (Å²) < 4.78 is 26.6. The second-order valence-corrected chi connectivity index (χ2v) is 4.14. The predicted octanol–water partition coefficient (Wildman–Crippen LogP) is -0.584. The van der Waals surface area contributed by atoms with E-state index in [9.17, 15) is 8.42 Å². The van der Waals surface area contributed by atoms with E-state index in [4.69, 9.17) is 5.73 Å². The Morgan fingerprint density at radius 2 is 2.29 bits per heavy atom. The Morgan fingerprint density at radius 3 is 2.86 bits per heavy atom. The molecule has 0 aromatic carbocycles. The number of nitrogens with two attached hydrogens (primary N) is 1. The van der Waals surface area contributed by atoms with Crippen molar-refractivity contribution in [3.63, 3.8) is 0 Å². The van der Waals surface area contributed by atoms with E-state index in [0.717, 1.165) is 0 Å². The molecule has 0 aliphatic carbocycles. The molecule has 0 radical (unpaired) electrons. The van der Waals surface area contributed by atoms with Gasteiger partial charge in [0.2, 0.25) is 0 Å². The number of rotatable bonds is 4. The number of anilines is 1. The second-order valence-electron chi connectivity index (χ2n) is 2.52. The van der Waals surface area contributed by atoms with Gasteiger partial charge >= 0.3 is 0 Å². The standard InChI is InChI=1S/C7H12N4O2S/c1-9-14(12,13)11-7-6(5-8)3-2-4-10-7/h2-4,9H,5,8H2,1H3,(H,10,11). The van der Waals surface area contributed by atoms with Crippen LogP contribution in [0.5, 0.6) is 0 Å². The van der Waals surface area contributed by atoms with Crippen molar-refractivity contribution in [1.29, 1.82) is 0 Å². The van der Waals surface area contributed by atoms with Crippen LogP contribution in [0.2, 0.25) is 0 Å². The van der Waals surface area contributed by atoms with Crippen LogP contribution in [-0.2, 0) is 16.8 Å². The maximum Gasteiger partial charge on any atom is 0.300 e. The summed E-state index contributed by atoms with van der Waals surface area (Å²) in [5.74, 6) is 0.254. The van der Waals surface area contributed by atoms with Crippen molar-refractivity contribution in [1.82, 2.24) is 9.71 Å². The third-order valence-electron chi connectivity index (χ3n) is 1.61. The molecule has 0 saturated carbocycles. The van der Waals surface area contributed by atoms with Gasteiger partial charge < -0.3 is 5.73 Å². The molecule has 4 N–H and O–H groups in total. The topological polar surface area (TPSA) is 97.1 Å². The van der Waals surface area contributed by atoms with Gasteiger partial charge in [0.1, 0.15) is 5.82 Å². The molecule has 7 heteroatoms. The van der Waals surface area contributed by atoms with E-state index in [0.29, 0.717) is 5.56 Å². The molecular formula is C7H12N4O2S. The summed E-state index contributed by atoms with van der Waals surface area (Å²) in [4.78, 5) is 3.87.